The molecule has 9 heteroatoms. The molecule has 1 aliphatic heterocycles. The zero-order valence-electron chi connectivity index (χ0n) is 10.3. The van der Waals surface area contributed by atoms with Crippen LogP contribution in [-0.4, -0.2) is 62.4 Å². The Balaban J connectivity index is 2.48. The Morgan fingerprint density at radius 2 is 1.94 bits per heavy atom. The lowest BCUT2D eigenvalue weighted by Gasteiger charge is -2.32. The maximum atomic E-state index is 12.6. The van der Waals surface area contributed by atoms with Gasteiger partial charge < -0.3 is 4.90 Å². The molecular weight excluding hydrogens is 285 g/mol. The smallest absolute Gasteiger partial charge is 0.279 e. The normalized spacial score (nSPS) is 20.2. The Hall–Kier alpha value is -0.440. The van der Waals surface area contributed by atoms with Crippen molar-refractivity contribution in [2.45, 2.75) is 24.5 Å². The molecule has 0 aromatic heterocycles. The standard InChI is InChI=1S/C9H17ClFN3O3S/c1-13(2)18(16,17)12-7-3-5-14(6-4-7)9(15)8(10)11/h7-8,12H,3-6H2,1-2H3. The highest BCUT2D eigenvalue weighted by molar-refractivity contribution is 7.87. The zero-order valence-corrected chi connectivity index (χ0v) is 11.8. The first-order valence-electron chi connectivity index (χ1n) is 5.50. The summed E-state index contributed by atoms with van der Waals surface area (Å²) in [6.07, 6.45) is 0.894. The largest absolute Gasteiger partial charge is 0.339 e. The minimum Gasteiger partial charge on any atom is -0.339 e. The average Bonchev–Trinajstić information content (AvgIpc) is 2.28. The minimum atomic E-state index is -3.47. The molecule has 1 saturated heterocycles. The molecule has 1 N–H and O–H groups in total. The van der Waals surface area contributed by atoms with Crippen molar-refractivity contribution in [2.75, 3.05) is 27.2 Å². The molecule has 0 aromatic carbocycles. The molecular formula is C9H17ClFN3O3S. The van der Waals surface area contributed by atoms with Gasteiger partial charge in [-0.1, -0.05) is 11.6 Å². The van der Waals surface area contributed by atoms with Gasteiger partial charge in [0.05, 0.1) is 0 Å². The minimum absolute atomic E-state index is 0.241. The van der Waals surface area contributed by atoms with E-state index in [0.717, 1.165) is 4.31 Å². The molecule has 1 unspecified atom stereocenters. The van der Waals surface area contributed by atoms with Crippen LogP contribution >= 0.6 is 11.6 Å². The molecule has 1 aliphatic rings. The van der Waals surface area contributed by atoms with Gasteiger partial charge in [-0.05, 0) is 12.8 Å². The molecule has 106 valence electrons. The summed E-state index contributed by atoms with van der Waals surface area (Å²) >= 11 is 5.07. The van der Waals surface area contributed by atoms with E-state index in [1.54, 1.807) is 0 Å². The molecule has 1 heterocycles. The van der Waals surface area contributed by atoms with Gasteiger partial charge >= 0.3 is 0 Å². The summed E-state index contributed by atoms with van der Waals surface area (Å²) in [5.74, 6) is -0.759. The van der Waals surface area contributed by atoms with E-state index < -0.39 is 21.7 Å². The fourth-order valence-corrected chi connectivity index (χ4v) is 2.68. The van der Waals surface area contributed by atoms with Gasteiger partial charge in [-0.15, -0.1) is 0 Å². The van der Waals surface area contributed by atoms with Crippen LogP contribution in [0, 0.1) is 0 Å². The highest BCUT2D eigenvalue weighted by atomic mass is 35.5. The first kappa shape index (κ1) is 15.6. The zero-order chi connectivity index (χ0) is 13.9. The number of alkyl halides is 2. The number of likely N-dealkylation sites (tertiary alicyclic amines) is 1. The molecule has 1 amide bonds. The number of carbonyl (C=O) groups is 1. The van der Waals surface area contributed by atoms with Gasteiger partial charge in [-0.3, -0.25) is 4.79 Å². The van der Waals surface area contributed by atoms with E-state index in [-0.39, 0.29) is 6.04 Å². The maximum Gasteiger partial charge on any atom is 0.279 e. The fraction of sp³-hybridized carbons (Fsp3) is 0.889. The molecule has 1 atom stereocenters. The lowest BCUT2D eigenvalue weighted by Crippen LogP contribution is -2.49. The quantitative estimate of drug-likeness (QED) is 0.738. The fourth-order valence-electron chi connectivity index (χ4n) is 1.67. The third kappa shape index (κ3) is 4.04. The van der Waals surface area contributed by atoms with Crippen LogP contribution < -0.4 is 4.72 Å². The van der Waals surface area contributed by atoms with Crippen molar-refractivity contribution >= 4 is 27.7 Å². The van der Waals surface area contributed by atoms with Crippen molar-refractivity contribution in [3.05, 3.63) is 0 Å². The summed E-state index contributed by atoms with van der Waals surface area (Å²) in [5.41, 5.74) is -2.03. The van der Waals surface area contributed by atoms with Gasteiger partial charge in [0.25, 0.3) is 21.7 Å². The van der Waals surface area contributed by atoms with Crippen LogP contribution in [-0.2, 0) is 15.0 Å². The SMILES string of the molecule is CN(C)S(=O)(=O)NC1CCN(C(=O)C(F)Cl)CC1. The number of hydrogen-bond acceptors (Lipinski definition) is 3. The lowest BCUT2D eigenvalue weighted by molar-refractivity contribution is -0.134. The van der Waals surface area contributed by atoms with Crippen LogP contribution in [0.3, 0.4) is 0 Å². The molecule has 0 bridgehead atoms. The lowest BCUT2D eigenvalue weighted by atomic mass is 10.1. The summed E-state index contributed by atoms with van der Waals surface area (Å²) in [4.78, 5) is 12.6. The van der Waals surface area contributed by atoms with Crippen LogP contribution in [0.5, 0.6) is 0 Å². The number of nitrogens with zero attached hydrogens (tertiary/aromatic N) is 2. The van der Waals surface area contributed by atoms with Gasteiger partial charge in [0, 0.05) is 33.2 Å². The summed E-state index contributed by atoms with van der Waals surface area (Å²) in [6, 6.07) is -0.241. The monoisotopic (exact) mass is 301 g/mol. The van der Waals surface area contributed by atoms with Crippen molar-refractivity contribution in [2.24, 2.45) is 0 Å². The molecule has 1 rings (SSSR count). The second-order valence-corrected chi connectivity index (χ2v) is 6.60. The van der Waals surface area contributed by atoms with Crippen molar-refractivity contribution in [1.29, 1.82) is 0 Å². The molecule has 0 radical (unpaired) electrons. The number of piperidine rings is 1. The Morgan fingerprint density at radius 1 is 1.44 bits per heavy atom. The summed E-state index contributed by atoms with van der Waals surface area (Å²) in [5, 5.41) is 0. The van der Waals surface area contributed by atoms with E-state index >= 15 is 0 Å². The summed E-state index contributed by atoms with van der Waals surface area (Å²) in [6.45, 7) is 0.596. The van der Waals surface area contributed by atoms with Crippen molar-refractivity contribution in [1.82, 2.24) is 13.9 Å². The number of amides is 1. The number of carbonyl (C=O) groups excluding carboxylic acids is 1. The van der Waals surface area contributed by atoms with E-state index in [0.29, 0.717) is 25.9 Å². The molecule has 0 saturated carbocycles. The average molecular weight is 302 g/mol. The number of halogens is 2. The van der Waals surface area contributed by atoms with Crippen LogP contribution in [0.1, 0.15) is 12.8 Å². The van der Waals surface area contributed by atoms with Crippen LogP contribution in [0.4, 0.5) is 4.39 Å². The van der Waals surface area contributed by atoms with Gasteiger partial charge in [-0.2, -0.15) is 17.4 Å². The Kier molecular flexibility index (Phi) is 5.32. The molecule has 1 fully saturated rings. The highest BCUT2D eigenvalue weighted by Gasteiger charge is 2.29. The Labute approximate surface area is 111 Å². The van der Waals surface area contributed by atoms with E-state index in [4.69, 9.17) is 11.6 Å². The van der Waals surface area contributed by atoms with E-state index in [1.807, 2.05) is 0 Å². The predicted molar refractivity (Wildman–Crippen MR) is 66.1 cm³/mol. The molecule has 0 aliphatic carbocycles. The van der Waals surface area contributed by atoms with Gasteiger partial charge in [0.15, 0.2) is 0 Å². The van der Waals surface area contributed by atoms with Gasteiger partial charge in [0.2, 0.25) is 0 Å². The number of hydrogen-bond donors (Lipinski definition) is 1. The highest BCUT2D eigenvalue weighted by Crippen LogP contribution is 2.14. The van der Waals surface area contributed by atoms with Crippen LogP contribution in [0.2, 0.25) is 0 Å². The Morgan fingerprint density at radius 3 is 2.33 bits per heavy atom. The van der Waals surface area contributed by atoms with Gasteiger partial charge in [0.1, 0.15) is 0 Å². The van der Waals surface area contributed by atoms with Crippen molar-refractivity contribution in [3.8, 4) is 0 Å². The first-order chi connectivity index (χ1) is 8.24. The van der Waals surface area contributed by atoms with Crippen LogP contribution in [0.25, 0.3) is 0 Å². The Bertz CT molecular complexity index is 394. The van der Waals surface area contributed by atoms with Gasteiger partial charge in [-0.25, -0.2) is 4.39 Å². The predicted octanol–water partition coefficient (Wildman–Crippen LogP) is -0.0922. The molecule has 18 heavy (non-hydrogen) atoms. The van der Waals surface area contributed by atoms with E-state index in [9.17, 15) is 17.6 Å². The topological polar surface area (TPSA) is 69.7 Å². The number of rotatable bonds is 4. The maximum absolute atomic E-state index is 12.6. The van der Waals surface area contributed by atoms with E-state index in [1.165, 1.54) is 19.0 Å². The van der Waals surface area contributed by atoms with Crippen LogP contribution in [0.15, 0.2) is 0 Å². The van der Waals surface area contributed by atoms with E-state index in [2.05, 4.69) is 4.72 Å². The molecule has 6 nitrogen and oxygen atoms in total. The number of nitrogens with one attached hydrogen (secondary N) is 1. The third-order valence-corrected chi connectivity index (χ3v) is 4.57. The first-order valence-corrected chi connectivity index (χ1v) is 7.38. The van der Waals surface area contributed by atoms with Crippen molar-refractivity contribution in [3.63, 3.8) is 0 Å². The molecule has 0 spiro atoms. The third-order valence-electron chi connectivity index (χ3n) is 2.79. The summed E-state index contributed by atoms with van der Waals surface area (Å²) in [7, 11) is -0.607. The second kappa shape index (κ2) is 6.14. The second-order valence-electron chi connectivity index (χ2n) is 4.31. The molecule has 0 aromatic rings. The summed E-state index contributed by atoms with van der Waals surface area (Å²) < 4.78 is 39.4. The van der Waals surface area contributed by atoms with Crippen molar-refractivity contribution < 1.29 is 17.6 Å².